The smallest absolute Gasteiger partial charge is 0.330 e. The molecule has 0 spiro atoms. The minimum absolute atomic E-state index is 0.173. The summed E-state index contributed by atoms with van der Waals surface area (Å²) in [5.74, 6) is -0.163. The van der Waals surface area contributed by atoms with Crippen molar-refractivity contribution in [2.24, 2.45) is 5.92 Å². The Morgan fingerprint density at radius 2 is 2.46 bits per heavy atom. The van der Waals surface area contributed by atoms with Crippen molar-refractivity contribution in [2.45, 2.75) is 0 Å². The fourth-order valence-electron chi connectivity index (χ4n) is 1.17. The molecule has 0 N–H and O–H groups in total. The third kappa shape index (κ3) is 2.88. The van der Waals surface area contributed by atoms with Gasteiger partial charge in [-0.15, -0.1) is 0 Å². The number of carbonyl (C=O) groups excluding carboxylic acids is 1. The lowest BCUT2D eigenvalue weighted by Gasteiger charge is -2.34. The van der Waals surface area contributed by atoms with E-state index in [2.05, 4.69) is 15.7 Å². The van der Waals surface area contributed by atoms with Crippen molar-refractivity contribution in [3.63, 3.8) is 0 Å². The highest BCUT2D eigenvalue weighted by molar-refractivity contribution is 5.81. The highest BCUT2D eigenvalue weighted by Gasteiger charge is 2.24. The third-order valence-corrected chi connectivity index (χ3v) is 1.96. The van der Waals surface area contributed by atoms with Crippen molar-refractivity contribution in [3.8, 4) is 6.07 Å². The van der Waals surface area contributed by atoms with E-state index in [-0.39, 0.29) is 11.9 Å². The molecule has 0 aromatic rings. The summed E-state index contributed by atoms with van der Waals surface area (Å²) in [6, 6.07) is 2.18. The van der Waals surface area contributed by atoms with Crippen molar-refractivity contribution in [2.75, 3.05) is 26.7 Å². The first-order valence-corrected chi connectivity index (χ1v) is 4.12. The highest BCUT2D eigenvalue weighted by Crippen LogP contribution is 2.12. The first-order valence-electron chi connectivity index (χ1n) is 4.12. The molecule has 13 heavy (non-hydrogen) atoms. The molecule has 0 aromatic heterocycles. The van der Waals surface area contributed by atoms with E-state index >= 15 is 0 Å². The molecule has 4 heteroatoms. The predicted molar refractivity (Wildman–Crippen MR) is 46.7 cm³/mol. The molecule has 0 saturated carbocycles. The molecule has 0 bridgehead atoms. The molecule has 4 nitrogen and oxygen atoms in total. The lowest BCUT2D eigenvalue weighted by molar-refractivity contribution is -0.134. The van der Waals surface area contributed by atoms with Crippen LogP contribution in [0.15, 0.2) is 12.2 Å². The van der Waals surface area contributed by atoms with E-state index in [1.165, 1.54) is 13.2 Å². The second-order valence-corrected chi connectivity index (χ2v) is 2.97. The topological polar surface area (TPSA) is 53.3 Å². The first kappa shape index (κ1) is 9.75. The van der Waals surface area contributed by atoms with Gasteiger partial charge in [0, 0.05) is 25.7 Å². The summed E-state index contributed by atoms with van der Waals surface area (Å²) in [7, 11) is 1.35. The van der Waals surface area contributed by atoms with Gasteiger partial charge >= 0.3 is 5.97 Å². The molecular weight excluding hydrogens is 168 g/mol. The lowest BCUT2D eigenvalue weighted by Crippen LogP contribution is -2.45. The van der Waals surface area contributed by atoms with Crippen molar-refractivity contribution >= 4 is 5.97 Å². The average Bonchev–Trinajstić information content (AvgIpc) is 2.08. The summed E-state index contributed by atoms with van der Waals surface area (Å²) in [5, 5.41) is 8.49. The van der Waals surface area contributed by atoms with Gasteiger partial charge in [0.15, 0.2) is 0 Å². The van der Waals surface area contributed by atoms with Crippen molar-refractivity contribution in [1.82, 2.24) is 4.90 Å². The number of nitriles is 1. The number of methoxy groups -OCH3 is 1. The van der Waals surface area contributed by atoms with Gasteiger partial charge < -0.3 is 4.74 Å². The van der Waals surface area contributed by atoms with Crippen LogP contribution in [0.5, 0.6) is 0 Å². The van der Waals surface area contributed by atoms with Gasteiger partial charge in [-0.25, -0.2) is 4.79 Å². The van der Waals surface area contributed by atoms with Crippen LogP contribution in [0, 0.1) is 17.2 Å². The monoisotopic (exact) mass is 180 g/mol. The Morgan fingerprint density at radius 1 is 1.77 bits per heavy atom. The first-order chi connectivity index (χ1) is 6.26. The van der Waals surface area contributed by atoms with Crippen LogP contribution < -0.4 is 0 Å². The van der Waals surface area contributed by atoms with Gasteiger partial charge in [-0.1, -0.05) is 6.08 Å². The minimum Gasteiger partial charge on any atom is -0.466 e. The van der Waals surface area contributed by atoms with Crippen LogP contribution in [-0.2, 0) is 9.53 Å². The van der Waals surface area contributed by atoms with Crippen molar-refractivity contribution in [3.05, 3.63) is 12.2 Å². The van der Waals surface area contributed by atoms with E-state index in [1.54, 1.807) is 6.08 Å². The number of carbonyl (C=O) groups is 1. The van der Waals surface area contributed by atoms with Crippen LogP contribution in [0.2, 0.25) is 0 Å². The predicted octanol–water partition coefficient (Wildman–Crippen LogP) is 0.171. The second kappa shape index (κ2) is 4.63. The van der Waals surface area contributed by atoms with Crippen molar-refractivity contribution in [1.29, 1.82) is 5.26 Å². The number of hydrogen-bond donors (Lipinski definition) is 0. The zero-order valence-electron chi connectivity index (χ0n) is 7.56. The quantitative estimate of drug-likeness (QED) is 0.459. The van der Waals surface area contributed by atoms with Gasteiger partial charge in [-0.05, 0) is 0 Å². The maximum Gasteiger partial charge on any atom is 0.330 e. The van der Waals surface area contributed by atoms with Crippen LogP contribution in [0.1, 0.15) is 0 Å². The van der Waals surface area contributed by atoms with Gasteiger partial charge in [0.2, 0.25) is 0 Å². The molecule has 1 heterocycles. The van der Waals surface area contributed by atoms with Crippen LogP contribution in [-0.4, -0.2) is 37.6 Å². The summed E-state index contributed by atoms with van der Waals surface area (Å²) in [6.07, 6.45) is 3.15. The maximum atomic E-state index is 10.6. The number of hydrogen-bond acceptors (Lipinski definition) is 4. The number of rotatable bonds is 3. The molecule has 0 radical (unpaired) electrons. The molecule has 0 amide bonds. The summed E-state index contributed by atoms with van der Waals surface area (Å²) in [5.41, 5.74) is 0. The van der Waals surface area contributed by atoms with Crippen LogP contribution in [0.4, 0.5) is 0 Å². The molecule has 1 aliphatic heterocycles. The van der Waals surface area contributed by atoms with E-state index < -0.39 is 0 Å². The Balaban J connectivity index is 2.12. The fraction of sp³-hybridized carbons (Fsp3) is 0.556. The fourth-order valence-corrected chi connectivity index (χ4v) is 1.17. The van der Waals surface area contributed by atoms with Crippen molar-refractivity contribution < 1.29 is 9.53 Å². The molecule has 1 saturated heterocycles. The van der Waals surface area contributed by atoms with Crippen LogP contribution in [0.25, 0.3) is 0 Å². The molecular formula is C9H12N2O2. The highest BCUT2D eigenvalue weighted by atomic mass is 16.5. The Hall–Kier alpha value is -1.34. The average molecular weight is 180 g/mol. The number of ether oxygens (including phenoxy) is 1. The van der Waals surface area contributed by atoms with E-state index in [4.69, 9.17) is 5.26 Å². The molecule has 1 rings (SSSR count). The van der Waals surface area contributed by atoms with Crippen LogP contribution >= 0.6 is 0 Å². The molecule has 0 atom stereocenters. The molecule has 70 valence electrons. The van der Waals surface area contributed by atoms with Crippen LogP contribution in [0.3, 0.4) is 0 Å². The molecule has 1 fully saturated rings. The number of esters is 1. The van der Waals surface area contributed by atoms with Gasteiger partial charge in [-0.3, -0.25) is 4.90 Å². The van der Waals surface area contributed by atoms with Gasteiger partial charge in [0.25, 0.3) is 0 Å². The normalized spacial score (nSPS) is 18.2. The summed E-state index contributed by atoms with van der Waals surface area (Å²) < 4.78 is 4.43. The zero-order valence-corrected chi connectivity index (χ0v) is 7.56. The maximum absolute atomic E-state index is 10.6. The largest absolute Gasteiger partial charge is 0.466 e. The summed E-state index contributed by atoms with van der Waals surface area (Å²) >= 11 is 0. The van der Waals surface area contributed by atoms with Gasteiger partial charge in [0.1, 0.15) is 0 Å². The Morgan fingerprint density at radius 3 is 3.00 bits per heavy atom. The van der Waals surface area contributed by atoms with Gasteiger partial charge in [0.05, 0.1) is 19.1 Å². The zero-order chi connectivity index (χ0) is 9.68. The molecule has 0 unspecified atom stereocenters. The Kier molecular flexibility index (Phi) is 3.47. The summed E-state index contributed by atoms with van der Waals surface area (Å²) in [6.45, 7) is 2.33. The lowest BCUT2D eigenvalue weighted by atomic mass is 10.0. The molecule has 0 aliphatic carbocycles. The second-order valence-electron chi connectivity index (χ2n) is 2.97. The van der Waals surface area contributed by atoms with E-state index in [0.29, 0.717) is 6.54 Å². The number of likely N-dealkylation sites (tertiary alicyclic amines) is 1. The van der Waals surface area contributed by atoms with Gasteiger partial charge in [-0.2, -0.15) is 5.26 Å². The van der Waals surface area contributed by atoms with E-state index in [9.17, 15) is 4.79 Å². The van der Waals surface area contributed by atoms with E-state index in [0.717, 1.165) is 13.1 Å². The Bertz CT molecular complexity index is 249. The summed E-state index contributed by atoms with van der Waals surface area (Å²) in [4.78, 5) is 12.7. The molecule has 0 aromatic carbocycles. The number of nitrogens with zero attached hydrogens (tertiary/aromatic N) is 2. The SMILES string of the molecule is COC(=O)/C=C/CN1CC(C#N)C1. The standard InChI is InChI=1S/C9H12N2O2/c1-13-9(12)3-2-4-11-6-8(5-10)7-11/h2-3,8H,4,6-7H2,1H3/b3-2+. The molecule has 1 aliphatic rings. The Labute approximate surface area is 77.4 Å². The van der Waals surface area contributed by atoms with E-state index in [1.807, 2.05) is 0 Å². The third-order valence-electron chi connectivity index (χ3n) is 1.96. The minimum atomic E-state index is -0.336.